The molecule has 1 saturated heterocycles. The third kappa shape index (κ3) is 2.77. The Morgan fingerprint density at radius 3 is 2.90 bits per heavy atom. The molecule has 3 rings (SSSR count). The second kappa shape index (κ2) is 5.84. The van der Waals surface area contributed by atoms with E-state index in [1.54, 1.807) is 12.3 Å². The summed E-state index contributed by atoms with van der Waals surface area (Å²) >= 11 is 0. The van der Waals surface area contributed by atoms with E-state index in [0.717, 1.165) is 31.8 Å². The summed E-state index contributed by atoms with van der Waals surface area (Å²) < 4.78 is 16.1. The quantitative estimate of drug-likeness (QED) is 0.868. The molecule has 0 amide bonds. The van der Waals surface area contributed by atoms with Gasteiger partial charge in [-0.25, -0.2) is 14.4 Å². The zero-order valence-electron chi connectivity index (χ0n) is 12.5. The lowest BCUT2D eigenvalue weighted by molar-refractivity contribution is 0.449. The second-order valence-corrected chi connectivity index (χ2v) is 5.88. The normalized spacial score (nSPS) is 19.2. The van der Waals surface area contributed by atoms with Crippen molar-refractivity contribution in [3.05, 3.63) is 42.4 Å². The lowest BCUT2D eigenvalue weighted by atomic mass is 9.97. The van der Waals surface area contributed by atoms with Crippen molar-refractivity contribution < 1.29 is 4.39 Å². The fraction of sp³-hybridized carbons (Fsp3) is 0.500. The summed E-state index contributed by atoms with van der Waals surface area (Å²) in [6, 6.07) is 3.50. The monoisotopic (exact) mass is 288 g/mol. The summed E-state index contributed by atoms with van der Waals surface area (Å²) in [7, 11) is 0. The molecule has 1 atom stereocenters. The van der Waals surface area contributed by atoms with Crippen LogP contribution in [0.4, 0.5) is 10.2 Å². The van der Waals surface area contributed by atoms with Crippen molar-refractivity contribution >= 4 is 5.82 Å². The first-order valence-electron chi connectivity index (χ1n) is 7.55. The number of aromatic nitrogens is 3. The Bertz CT molecular complexity index is 608. The van der Waals surface area contributed by atoms with Gasteiger partial charge >= 0.3 is 0 Å². The Morgan fingerprint density at radius 1 is 1.29 bits per heavy atom. The van der Waals surface area contributed by atoms with Gasteiger partial charge in [0, 0.05) is 43.6 Å². The maximum atomic E-state index is 13.9. The first kappa shape index (κ1) is 14.0. The molecule has 0 N–H and O–H groups in total. The third-order valence-corrected chi connectivity index (χ3v) is 4.08. The molecule has 0 radical (unpaired) electrons. The van der Waals surface area contributed by atoms with Gasteiger partial charge in [0.05, 0.1) is 0 Å². The van der Waals surface area contributed by atoms with Crippen LogP contribution in [0.15, 0.2) is 30.7 Å². The molecule has 5 heteroatoms. The van der Waals surface area contributed by atoms with Crippen molar-refractivity contribution in [2.24, 2.45) is 0 Å². The van der Waals surface area contributed by atoms with Crippen LogP contribution in [0.2, 0.25) is 0 Å². The number of anilines is 1. The van der Waals surface area contributed by atoms with Crippen molar-refractivity contribution in [3.8, 4) is 0 Å². The maximum absolute atomic E-state index is 13.9. The largest absolute Gasteiger partial charge is 0.353 e. The summed E-state index contributed by atoms with van der Waals surface area (Å²) in [6.07, 6.45) is 7.66. The van der Waals surface area contributed by atoms with E-state index < -0.39 is 0 Å². The van der Waals surface area contributed by atoms with Gasteiger partial charge < -0.3 is 9.47 Å². The molecule has 0 bridgehead atoms. The summed E-state index contributed by atoms with van der Waals surface area (Å²) in [4.78, 5) is 10.8. The predicted molar refractivity (Wildman–Crippen MR) is 81.0 cm³/mol. The molecule has 112 valence electrons. The van der Waals surface area contributed by atoms with Gasteiger partial charge in [0.25, 0.3) is 0 Å². The first-order chi connectivity index (χ1) is 10.2. The molecule has 0 saturated carbocycles. The molecule has 0 spiro atoms. The molecule has 0 aliphatic carbocycles. The number of pyridine rings is 1. The van der Waals surface area contributed by atoms with Crippen molar-refractivity contribution in [1.82, 2.24) is 14.5 Å². The average molecular weight is 288 g/mol. The zero-order valence-corrected chi connectivity index (χ0v) is 12.5. The van der Waals surface area contributed by atoms with Gasteiger partial charge in [0.1, 0.15) is 5.82 Å². The summed E-state index contributed by atoms with van der Waals surface area (Å²) in [5.41, 5.74) is 0. The number of halogens is 1. The van der Waals surface area contributed by atoms with Crippen molar-refractivity contribution in [2.75, 3.05) is 18.0 Å². The van der Waals surface area contributed by atoms with Crippen molar-refractivity contribution in [1.29, 1.82) is 0 Å². The lowest BCUT2D eigenvalue weighted by Gasteiger charge is -2.34. The molecular weight excluding hydrogens is 267 g/mol. The highest BCUT2D eigenvalue weighted by molar-refractivity contribution is 5.40. The standard InChI is InChI=1S/C16H21FN4/c1-12(2)21-10-8-19-15(21)13-5-4-9-20(11-13)16-14(17)6-3-7-18-16/h3,6-8,10,12-13H,4-5,9,11H2,1-2H3/t13-/m0/s1. The molecule has 0 unspecified atom stereocenters. The van der Waals surface area contributed by atoms with E-state index in [1.165, 1.54) is 6.07 Å². The molecule has 0 aromatic carbocycles. The van der Waals surface area contributed by atoms with E-state index in [-0.39, 0.29) is 5.82 Å². The number of hydrogen-bond acceptors (Lipinski definition) is 3. The van der Waals surface area contributed by atoms with Crippen LogP contribution in [-0.2, 0) is 0 Å². The Kier molecular flexibility index (Phi) is 3.90. The predicted octanol–water partition coefficient (Wildman–Crippen LogP) is 3.38. The Labute approximate surface area is 124 Å². The fourth-order valence-corrected chi connectivity index (χ4v) is 3.07. The van der Waals surface area contributed by atoms with Crippen LogP contribution in [0.25, 0.3) is 0 Å². The van der Waals surface area contributed by atoms with E-state index in [9.17, 15) is 4.39 Å². The number of piperidine rings is 1. The number of imidazole rings is 1. The lowest BCUT2D eigenvalue weighted by Crippen LogP contribution is -2.36. The van der Waals surface area contributed by atoms with Gasteiger partial charge in [-0.05, 0) is 38.8 Å². The van der Waals surface area contributed by atoms with Crippen molar-refractivity contribution in [2.45, 2.75) is 38.6 Å². The number of rotatable bonds is 3. The van der Waals surface area contributed by atoms with Gasteiger partial charge in [0.2, 0.25) is 0 Å². The summed E-state index contributed by atoms with van der Waals surface area (Å²) in [6.45, 7) is 5.94. The van der Waals surface area contributed by atoms with Crippen LogP contribution in [-0.4, -0.2) is 27.6 Å². The SMILES string of the molecule is CC(C)n1ccnc1[C@H]1CCCN(c2ncccc2F)C1. The third-order valence-electron chi connectivity index (χ3n) is 4.08. The Balaban J connectivity index is 1.83. The fourth-order valence-electron chi connectivity index (χ4n) is 3.07. The van der Waals surface area contributed by atoms with Crippen LogP contribution in [0.3, 0.4) is 0 Å². The second-order valence-electron chi connectivity index (χ2n) is 5.88. The Morgan fingerprint density at radius 2 is 2.14 bits per heavy atom. The minimum Gasteiger partial charge on any atom is -0.353 e. The highest BCUT2D eigenvalue weighted by atomic mass is 19.1. The molecule has 21 heavy (non-hydrogen) atoms. The Hall–Kier alpha value is -1.91. The van der Waals surface area contributed by atoms with E-state index in [4.69, 9.17) is 0 Å². The first-order valence-corrected chi connectivity index (χ1v) is 7.55. The molecule has 1 aliphatic rings. The highest BCUT2D eigenvalue weighted by Crippen LogP contribution is 2.30. The zero-order chi connectivity index (χ0) is 14.8. The number of hydrogen-bond donors (Lipinski definition) is 0. The smallest absolute Gasteiger partial charge is 0.165 e. The van der Waals surface area contributed by atoms with Crippen LogP contribution in [0, 0.1) is 5.82 Å². The van der Waals surface area contributed by atoms with E-state index in [1.807, 2.05) is 17.3 Å². The molecular formula is C16H21FN4. The van der Waals surface area contributed by atoms with E-state index in [0.29, 0.717) is 17.8 Å². The van der Waals surface area contributed by atoms with Crippen LogP contribution < -0.4 is 4.90 Å². The average Bonchev–Trinajstić information content (AvgIpc) is 2.97. The highest BCUT2D eigenvalue weighted by Gasteiger charge is 2.27. The van der Waals surface area contributed by atoms with Crippen LogP contribution in [0.5, 0.6) is 0 Å². The molecule has 2 aromatic rings. The minimum atomic E-state index is -0.245. The van der Waals surface area contributed by atoms with E-state index >= 15 is 0 Å². The van der Waals surface area contributed by atoms with Crippen molar-refractivity contribution in [3.63, 3.8) is 0 Å². The van der Waals surface area contributed by atoms with Gasteiger partial charge in [-0.15, -0.1) is 0 Å². The van der Waals surface area contributed by atoms with E-state index in [2.05, 4.69) is 28.4 Å². The molecule has 2 aromatic heterocycles. The molecule has 1 aliphatic heterocycles. The summed E-state index contributed by atoms with van der Waals surface area (Å²) in [5.74, 6) is 1.65. The topological polar surface area (TPSA) is 34.0 Å². The molecule has 1 fully saturated rings. The van der Waals surface area contributed by atoms with Gasteiger partial charge in [0.15, 0.2) is 11.6 Å². The van der Waals surface area contributed by atoms with Gasteiger partial charge in [-0.3, -0.25) is 0 Å². The minimum absolute atomic E-state index is 0.245. The number of nitrogens with zero attached hydrogens (tertiary/aromatic N) is 4. The van der Waals surface area contributed by atoms with Crippen LogP contribution >= 0.6 is 0 Å². The summed E-state index contributed by atoms with van der Waals surface area (Å²) in [5, 5.41) is 0. The van der Waals surface area contributed by atoms with Crippen LogP contribution in [0.1, 0.15) is 44.5 Å². The molecule has 3 heterocycles. The van der Waals surface area contributed by atoms with Gasteiger partial charge in [-0.1, -0.05) is 0 Å². The molecule has 4 nitrogen and oxygen atoms in total. The van der Waals surface area contributed by atoms with Gasteiger partial charge in [-0.2, -0.15) is 0 Å². The maximum Gasteiger partial charge on any atom is 0.165 e.